The van der Waals surface area contributed by atoms with Crippen LogP contribution in [-0.4, -0.2) is 61.0 Å². The van der Waals surface area contributed by atoms with Gasteiger partial charge in [-0.25, -0.2) is 0 Å². The van der Waals surface area contributed by atoms with Gasteiger partial charge in [-0.05, 0) is 46.1 Å². The van der Waals surface area contributed by atoms with Crippen molar-refractivity contribution in [2.45, 2.75) is 64.6 Å². The maximum atomic E-state index is 9.64. The van der Waals surface area contributed by atoms with Crippen LogP contribution in [-0.2, 0) is 4.74 Å². The van der Waals surface area contributed by atoms with Gasteiger partial charge in [-0.2, -0.15) is 0 Å². The summed E-state index contributed by atoms with van der Waals surface area (Å²) < 4.78 is 5.69. The van der Waals surface area contributed by atoms with E-state index in [2.05, 4.69) is 45.0 Å². The van der Waals surface area contributed by atoms with Crippen molar-refractivity contribution in [3.05, 3.63) is 0 Å². The van der Waals surface area contributed by atoms with Crippen LogP contribution in [0.25, 0.3) is 0 Å². The molecule has 2 atom stereocenters. The molecule has 1 saturated carbocycles. The van der Waals surface area contributed by atoms with Gasteiger partial charge in [-0.15, -0.1) is 0 Å². The van der Waals surface area contributed by atoms with Crippen molar-refractivity contribution in [1.29, 1.82) is 0 Å². The number of hydrogen-bond acceptors (Lipinski definition) is 4. The molecular weight excluding hydrogens is 252 g/mol. The fraction of sp³-hybridized carbons (Fsp3) is 1.00. The molecule has 4 nitrogen and oxygen atoms in total. The van der Waals surface area contributed by atoms with Gasteiger partial charge in [0.15, 0.2) is 0 Å². The molecule has 0 saturated heterocycles. The van der Waals surface area contributed by atoms with Crippen LogP contribution in [0, 0.1) is 5.92 Å². The van der Waals surface area contributed by atoms with Crippen molar-refractivity contribution in [3.8, 4) is 0 Å². The first-order chi connectivity index (χ1) is 9.36. The van der Waals surface area contributed by atoms with Crippen molar-refractivity contribution in [2.24, 2.45) is 5.92 Å². The largest absolute Gasteiger partial charge is 0.394 e. The van der Waals surface area contributed by atoms with Crippen molar-refractivity contribution in [3.63, 3.8) is 0 Å². The number of likely N-dealkylation sites (N-methyl/N-ethyl adjacent to an activating group) is 1. The molecule has 0 aromatic rings. The van der Waals surface area contributed by atoms with Gasteiger partial charge in [-0.3, -0.25) is 0 Å². The number of rotatable bonds is 11. The molecule has 0 heterocycles. The van der Waals surface area contributed by atoms with Gasteiger partial charge in [-0.1, -0.05) is 13.8 Å². The predicted octanol–water partition coefficient (Wildman–Crippen LogP) is 1.87. The number of aliphatic hydroxyl groups is 1. The van der Waals surface area contributed by atoms with E-state index in [9.17, 15) is 5.11 Å². The van der Waals surface area contributed by atoms with Crippen LogP contribution in [0.5, 0.6) is 0 Å². The molecule has 0 aliphatic heterocycles. The molecule has 0 aromatic carbocycles. The fourth-order valence-electron chi connectivity index (χ4n) is 2.64. The van der Waals surface area contributed by atoms with Crippen LogP contribution in [0.1, 0.15) is 47.0 Å². The maximum absolute atomic E-state index is 9.64. The molecule has 1 fully saturated rings. The van der Waals surface area contributed by atoms with Crippen LogP contribution in [0.2, 0.25) is 0 Å². The Hall–Kier alpha value is -0.160. The van der Waals surface area contributed by atoms with Crippen molar-refractivity contribution < 1.29 is 9.84 Å². The van der Waals surface area contributed by atoms with Crippen molar-refractivity contribution >= 4 is 0 Å². The SMILES string of the molecule is CC(C)NC(C)(CO)CC(C)N(C)CCOCC1CC1. The minimum absolute atomic E-state index is 0.168. The van der Waals surface area contributed by atoms with Crippen LogP contribution in [0.15, 0.2) is 0 Å². The number of hydrogen-bond donors (Lipinski definition) is 2. The third-order valence-electron chi connectivity index (χ3n) is 4.12. The zero-order valence-corrected chi connectivity index (χ0v) is 14.0. The molecule has 4 heteroatoms. The van der Waals surface area contributed by atoms with Gasteiger partial charge >= 0.3 is 0 Å². The summed E-state index contributed by atoms with van der Waals surface area (Å²) in [6.45, 7) is 11.4. The van der Waals surface area contributed by atoms with E-state index in [1.54, 1.807) is 0 Å². The third kappa shape index (κ3) is 7.02. The van der Waals surface area contributed by atoms with Gasteiger partial charge in [0.05, 0.1) is 13.2 Å². The van der Waals surface area contributed by atoms with E-state index >= 15 is 0 Å². The zero-order chi connectivity index (χ0) is 15.2. The van der Waals surface area contributed by atoms with E-state index in [0.29, 0.717) is 12.1 Å². The molecule has 120 valence electrons. The highest BCUT2D eigenvalue weighted by Crippen LogP contribution is 2.28. The van der Waals surface area contributed by atoms with E-state index in [-0.39, 0.29) is 12.1 Å². The number of ether oxygens (including phenoxy) is 1. The first kappa shape index (κ1) is 17.9. The fourth-order valence-corrected chi connectivity index (χ4v) is 2.64. The van der Waals surface area contributed by atoms with E-state index < -0.39 is 0 Å². The third-order valence-corrected chi connectivity index (χ3v) is 4.12. The Morgan fingerprint density at radius 3 is 2.50 bits per heavy atom. The average molecular weight is 286 g/mol. The van der Waals surface area contributed by atoms with Gasteiger partial charge in [0, 0.05) is 30.8 Å². The lowest BCUT2D eigenvalue weighted by atomic mass is 9.93. The van der Waals surface area contributed by atoms with Crippen molar-refractivity contribution in [2.75, 3.05) is 33.4 Å². The molecular formula is C16H34N2O2. The quantitative estimate of drug-likeness (QED) is 0.569. The second-order valence-corrected chi connectivity index (χ2v) is 7.07. The van der Waals surface area contributed by atoms with Crippen LogP contribution >= 0.6 is 0 Å². The molecule has 0 radical (unpaired) electrons. The minimum atomic E-state index is -0.212. The van der Waals surface area contributed by atoms with Gasteiger partial charge in [0.1, 0.15) is 0 Å². The summed E-state index contributed by atoms with van der Waals surface area (Å²) in [6.07, 6.45) is 3.63. The van der Waals surface area contributed by atoms with Gasteiger partial charge in [0.2, 0.25) is 0 Å². The first-order valence-electron chi connectivity index (χ1n) is 8.03. The zero-order valence-electron chi connectivity index (χ0n) is 14.0. The highest BCUT2D eigenvalue weighted by molar-refractivity contribution is 4.88. The van der Waals surface area contributed by atoms with Crippen LogP contribution < -0.4 is 5.32 Å². The summed E-state index contributed by atoms with van der Waals surface area (Å²) in [7, 11) is 2.14. The van der Waals surface area contributed by atoms with E-state index in [4.69, 9.17) is 4.74 Å². The highest BCUT2D eigenvalue weighted by Gasteiger charge is 2.27. The Morgan fingerprint density at radius 2 is 2.00 bits per heavy atom. The molecule has 0 bridgehead atoms. The molecule has 0 aromatic heterocycles. The van der Waals surface area contributed by atoms with Crippen LogP contribution in [0.4, 0.5) is 0 Å². The van der Waals surface area contributed by atoms with E-state index in [1.165, 1.54) is 12.8 Å². The summed E-state index contributed by atoms with van der Waals surface area (Å²) >= 11 is 0. The summed E-state index contributed by atoms with van der Waals surface area (Å²) in [4.78, 5) is 2.32. The number of nitrogens with zero attached hydrogens (tertiary/aromatic N) is 1. The first-order valence-corrected chi connectivity index (χ1v) is 8.03. The molecule has 0 amide bonds. The predicted molar refractivity (Wildman–Crippen MR) is 84.0 cm³/mol. The monoisotopic (exact) mass is 286 g/mol. The Bertz CT molecular complexity index is 269. The lowest BCUT2D eigenvalue weighted by Crippen LogP contribution is -2.52. The molecule has 1 aliphatic carbocycles. The summed E-state index contributed by atoms with van der Waals surface area (Å²) in [5, 5.41) is 13.1. The topological polar surface area (TPSA) is 44.7 Å². The molecule has 1 rings (SSSR count). The van der Waals surface area contributed by atoms with Gasteiger partial charge < -0.3 is 20.1 Å². The summed E-state index contributed by atoms with van der Waals surface area (Å²) in [5.41, 5.74) is -0.212. The smallest absolute Gasteiger partial charge is 0.0611 e. The second-order valence-electron chi connectivity index (χ2n) is 7.07. The Labute approximate surface area is 124 Å². The van der Waals surface area contributed by atoms with Crippen molar-refractivity contribution in [1.82, 2.24) is 10.2 Å². The summed E-state index contributed by atoms with van der Waals surface area (Å²) in [5.74, 6) is 0.839. The molecule has 0 spiro atoms. The molecule has 20 heavy (non-hydrogen) atoms. The molecule has 2 N–H and O–H groups in total. The lowest BCUT2D eigenvalue weighted by molar-refractivity contribution is 0.0774. The van der Waals surface area contributed by atoms with Crippen LogP contribution in [0.3, 0.4) is 0 Å². The summed E-state index contributed by atoms with van der Waals surface area (Å²) in [6, 6.07) is 0.800. The second kappa shape index (κ2) is 8.32. The minimum Gasteiger partial charge on any atom is -0.394 e. The Balaban J connectivity index is 2.24. The lowest BCUT2D eigenvalue weighted by Gasteiger charge is -2.36. The average Bonchev–Trinajstić information content (AvgIpc) is 3.17. The highest BCUT2D eigenvalue weighted by atomic mass is 16.5. The standard InChI is InChI=1S/C16H34N2O2/c1-13(2)17-16(4,12-19)10-14(3)18(5)8-9-20-11-15-6-7-15/h13-15,17,19H,6-12H2,1-5H3. The van der Waals surface area contributed by atoms with E-state index in [0.717, 1.165) is 32.1 Å². The number of aliphatic hydroxyl groups excluding tert-OH is 1. The normalized spacial score (nSPS) is 20.4. The number of nitrogens with one attached hydrogen (secondary N) is 1. The maximum Gasteiger partial charge on any atom is 0.0611 e. The molecule has 2 unspecified atom stereocenters. The Morgan fingerprint density at radius 1 is 1.35 bits per heavy atom. The van der Waals surface area contributed by atoms with Gasteiger partial charge in [0.25, 0.3) is 0 Å². The van der Waals surface area contributed by atoms with E-state index in [1.807, 2.05) is 0 Å². The Kier molecular flexibility index (Phi) is 7.45. The molecule has 1 aliphatic rings.